The van der Waals surface area contributed by atoms with Gasteiger partial charge in [0.1, 0.15) is 48.8 Å². The molecule has 12 unspecified atom stereocenters. The molecule has 2 heterocycles. The van der Waals surface area contributed by atoms with Gasteiger partial charge in [-0.1, -0.05) is 183 Å². The topological polar surface area (TPSA) is 228 Å². The third kappa shape index (κ3) is 26.6. The molecule has 1 amide bonds. The predicted octanol–water partition coefficient (Wildman–Crippen LogP) is 7.21. The zero-order chi connectivity index (χ0) is 49.6. The number of carbonyl (C=O) groups is 1. The lowest BCUT2D eigenvalue weighted by Gasteiger charge is -2.46. The molecule has 2 rings (SSSR count). The number of rotatable bonds is 39. The standard InChI is InChI=1S/C54H93NO13/c1-3-5-7-9-11-13-15-17-19-20-21-22-24-26-28-30-32-34-36-38-46(59)55-42(43(58)37-35-33-31-29-27-25-23-18-16-14-12-10-8-6-4-2)41-65-53-51(64)49(62)52(45(40-57)67-53)68-54-50(63)48(61)47(60)44(39-56)66-54/h5,7,11,13,17,19,21-22,26,28,32,34,42-45,47-54,56-58,60-64H,3-4,6,8-10,12,14-16,18,20,23-25,27,29-31,33,35-41H2,1-2H3,(H,55,59)/b7-5-,13-11-,19-17-,22-21-,28-26-,34-32-. The normalized spacial score (nSPS) is 27.0. The van der Waals surface area contributed by atoms with Gasteiger partial charge in [0.25, 0.3) is 0 Å². The largest absolute Gasteiger partial charge is 0.394 e. The van der Waals surface area contributed by atoms with Gasteiger partial charge >= 0.3 is 0 Å². The van der Waals surface area contributed by atoms with Crippen LogP contribution in [0.1, 0.15) is 168 Å². The van der Waals surface area contributed by atoms with E-state index >= 15 is 0 Å². The van der Waals surface area contributed by atoms with E-state index in [1.54, 1.807) is 0 Å². The minimum Gasteiger partial charge on any atom is -0.394 e. The average molecular weight is 964 g/mol. The SMILES string of the molecule is CC/C=C\C/C=C\C/C=C\C/C=C\C/C=C\C/C=C\CCC(=O)NC(COC1OC(CO)C(OC2OC(CO)C(O)C(O)C2O)C(O)C1O)C(O)CCCCCCCCCCCCCCCCC. The zero-order valence-corrected chi connectivity index (χ0v) is 41.6. The van der Waals surface area contributed by atoms with Crippen molar-refractivity contribution in [1.29, 1.82) is 0 Å². The average Bonchev–Trinajstić information content (AvgIpc) is 3.34. The van der Waals surface area contributed by atoms with E-state index in [0.717, 1.165) is 64.2 Å². The number of hydrogen-bond acceptors (Lipinski definition) is 13. The summed E-state index contributed by atoms with van der Waals surface area (Å²) in [7, 11) is 0. The lowest BCUT2D eigenvalue weighted by atomic mass is 9.97. The van der Waals surface area contributed by atoms with E-state index in [2.05, 4.69) is 79.9 Å². The summed E-state index contributed by atoms with van der Waals surface area (Å²) in [6.07, 6.45) is 33.4. The Bertz CT molecular complexity index is 1420. The molecule has 0 saturated carbocycles. The fourth-order valence-corrected chi connectivity index (χ4v) is 8.20. The molecule has 14 heteroatoms. The Morgan fingerprint density at radius 1 is 0.544 bits per heavy atom. The van der Waals surface area contributed by atoms with Crippen molar-refractivity contribution < 1.29 is 64.6 Å². The first-order valence-corrected chi connectivity index (χ1v) is 26.2. The fraction of sp³-hybridized carbons (Fsp3) is 0.759. The van der Waals surface area contributed by atoms with Crippen molar-refractivity contribution in [3.8, 4) is 0 Å². The van der Waals surface area contributed by atoms with Crippen LogP contribution in [0.4, 0.5) is 0 Å². The molecular weight excluding hydrogens is 871 g/mol. The number of carbonyl (C=O) groups excluding carboxylic acids is 1. The van der Waals surface area contributed by atoms with E-state index in [1.165, 1.54) is 70.6 Å². The maximum Gasteiger partial charge on any atom is 0.220 e. The molecule has 0 aromatic rings. The third-order valence-electron chi connectivity index (χ3n) is 12.4. The second-order valence-electron chi connectivity index (χ2n) is 18.3. The second-order valence-corrected chi connectivity index (χ2v) is 18.3. The minimum absolute atomic E-state index is 0.176. The van der Waals surface area contributed by atoms with Gasteiger partial charge in [-0.25, -0.2) is 0 Å². The van der Waals surface area contributed by atoms with Crippen molar-refractivity contribution in [2.45, 2.75) is 242 Å². The van der Waals surface area contributed by atoms with Crippen LogP contribution in [0.2, 0.25) is 0 Å². The van der Waals surface area contributed by atoms with Crippen LogP contribution in [0.15, 0.2) is 72.9 Å². The monoisotopic (exact) mass is 964 g/mol. The van der Waals surface area contributed by atoms with Crippen LogP contribution in [0.5, 0.6) is 0 Å². The van der Waals surface area contributed by atoms with Gasteiger partial charge in [-0.3, -0.25) is 4.79 Å². The summed E-state index contributed by atoms with van der Waals surface area (Å²) >= 11 is 0. The van der Waals surface area contributed by atoms with Crippen LogP contribution in [-0.2, 0) is 23.7 Å². The number of hydrogen-bond donors (Lipinski definition) is 9. The smallest absolute Gasteiger partial charge is 0.220 e. The van der Waals surface area contributed by atoms with Crippen LogP contribution in [0, 0.1) is 0 Å². The molecule has 0 radical (unpaired) electrons. The van der Waals surface area contributed by atoms with Gasteiger partial charge in [0, 0.05) is 6.42 Å². The van der Waals surface area contributed by atoms with Crippen molar-refractivity contribution >= 4 is 5.91 Å². The molecule has 2 aliphatic heterocycles. The Balaban J connectivity index is 1.86. The number of ether oxygens (including phenoxy) is 4. The van der Waals surface area contributed by atoms with Gasteiger partial charge in [0.2, 0.25) is 5.91 Å². The van der Waals surface area contributed by atoms with E-state index in [0.29, 0.717) is 12.8 Å². The molecule has 0 aromatic heterocycles. The van der Waals surface area contributed by atoms with Gasteiger partial charge in [0.15, 0.2) is 12.6 Å². The highest BCUT2D eigenvalue weighted by Gasteiger charge is 2.51. The van der Waals surface area contributed by atoms with Crippen LogP contribution < -0.4 is 5.32 Å². The van der Waals surface area contributed by atoms with Crippen molar-refractivity contribution in [3.63, 3.8) is 0 Å². The molecule has 2 fully saturated rings. The fourth-order valence-electron chi connectivity index (χ4n) is 8.20. The molecule has 0 spiro atoms. The number of allylic oxidation sites excluding steroid dienone is 12. The Hall–Kier alpha value is -2.57. The summed E-state index contributed by atoms with van der Waals surface area (Å²) < 4.78 is 22.7. The molecular formula is C54H93NO13. The third-order valence-corrected chi connectivity index (χ3v) is 12.4. The van der Waals surface area contributed by atoms with Crippen LogP contribution in [0.3, 0.4) is 0 Å². The van der Waals surface area contributed by atoms with Crippen LogP contribution in [-0.4, -0.2) is 140 Å². The molecule has 0 aromatic carbocycles. The van der Waals surface area contributed by atoms with E-state index in [-0.39, 0.29) is 18.9 Å². The van der Waals surface area contributed by atoms with Crippen LogP contribution in [0.25, 0.3) is 0 Å². The predicted molar refractivity (Wildman–Crippen MR) is 267 cm³/mol. The highest BCUT2D eigenvalue weighted by molar-refractivity contribution is 5.76. The molecule has 0 bridgehead atoms. The highest BCUT2D eigenvalue weighted by Crippen LogP contribution is 2.30. The Labute approximate surface area is 408 Å². The summed E-state index contributed by atoms with van der Waals surface area (Å²) in [6.45, 7) is 2.67. The molecule has 14 nitrogen and oxygen atoms in total. The second kappa shape index (κ2) is 40.1. The van der Waals surface area contributed by atoms with Crippen LogP contribution >= 0.6 is 0 Å². The molecule has 392 valence electrons. The maximum absolute atomic E-state index is 13.2. The Morgan fingerprint density at radius 3 is 1.47 bits per heavy atom. The number of nitrogens with one attached hydrogen (secondary N) is 1. The molecule has 0 aliphatic carbocycles. The summed E-state index contributed by atoms with van der Waals surface area (Å²) in [4.78, 5) is 13.2. The van der Waals surface area contributed by atoms with Gasteiger partial charge in [-0.15, -0.1) is 0 Å². The highest BCUT2D eigenvalue weighted by atomic mass is 16.7. The minimum atomic E-state index is -1.79. The van der Waals surface area contributed by atoms with Crippen molar-refractivity contribution in [2.24, 2.45) is 0 Å². The first kappa shape index (κ1) is 61.5. The first-order chi connectivity index (χ1) is 33.1. The number of unbranched alkanes of at least 4 members (excludes halogenated alkanes) is 14. The van der Waals surface area contributed by atoms with Gasteiger partial charge in [-0.2, -0.15) is 0 Å². The van der Waals surface area contributed by atoms with E-state index < -0.39 is 86.8 Å². The first-order valence-electron chi connectivity index (χ1n) is 26.2. The Morgan fingerprint density at radius 2 is 0.985 bits per heavy atom. The Kier molecular flexibility index (Phi) is 36.3. The lowest BCUT2D eigenvalue weighted by molar-refractivity contribution is -0.359. The zero-order valence-electron chi connectivity index (χ0n) is 41.6. The van der Waals surface area contributed by atoms with E-state index in [9.17, 15) is 45.6 Å². The summed E-state index contributed by atoms with van der Waals surface area (Å²) in [5.41, 5.74) is 0. The molecule has 2 aliphatic rings. The van der Waals surface area contributed by atoms with Crippen molar-refractivity contribution in [3.05, 3.63) is 72.9 Å². The van der Waals surface area contributed by atoms with Crippen molar-refractivity contribution in [2.75, 3.05) is 19.8 Å². The quantitative estimate of drug-likeness (QED) is 0.0220. The van der Waals surface area contributed by atoms with Gasteiger partial charge in [0.05, 0.1) is 32.0 Å². The molecule has 9 N–H and O–H groups in total. The molecule has 68 heavy (non-hydrogen) atoms. The van der Waals surface area contributed by atoms with Crippen molar-refractivity contribution in [1.82, 2.24) is 5.32 Å². The number of aliphatic hydroxyl groups is 8. The van der Waals surface area contributed by atoms with Gasteiger partial charge in [-0.05, 0) is 51.4 Å². The molecule has 2 saturated heterocycles. The van der Waals surface area contributed by atoms with Gasteiger partial charge < -0.3 is 65.1 Å². The maximum atomic E-state index is 13.2. The number of aliphatic hydroxyl groups excluding tert-OH is 8. The van der Waals surface area contributed by atoms with E-state index in [4.69, 9.17) is 18.9 Å². The summed E-state index contributed by atoms with van der Waals surface area (Å²) in [5.74, 6) is -0.292. The molecule has 12 atom stereocenters. The summed E-state index contributed by atoms with van der Waals surface area (Å²) in [5, 5.41) is 86.9. The summed E-state index contributed by atoms with van der Waals surface area (Å²) in [6, 6.07) is -0.872. The number of amides is 1. The van der Waals surface area contributed by atoms with E-state index in [1.807, 2.05) is 12.2 Å². The lowest BCUT2D eigenvalue weighted by Crippen LogP contribution is -2.65.